The van der Waals surface area contributed by atoms with E-state index in [1.807, 2.05) is 6.07 Å². The lowest BCUT2D eigenvalue weighted by Crippen LogP contribution is -1.98. The summed E-state index contributed by atoms with van der Waals surface area (Å²) in [4.78, 5) is 0. The molecule has 0 amide bonds. The van der Waals surface area contributed by atoms with Gasteiger partial charge in [0.1, 0.15) is 11.5 Å². The molecule has 0 aliphatic heterocycles. The zero-order valence-electron chi connectivity index (χ0n) is 7.18. The maximum atomic E-state index is 13.3. The second-order valence-corrected chi connectivity index (χ2v) is 2.73. The molecule has 0 bridgehead atoms. The normalized spacial score (nSPS) is 9.71. The second-order valence-electron chi connectivity index (χ2n) is 2.73. The number of rotatable bonds is 1. The number of halogens is 1. The van der Waals surface area contributed by atoms with E-state index >= 15 is 0 Å². The van der Waals surface area contributed by atoms with Crippen LogP contribution in [0, 0.1) is 17.1 Å². The molecular weight excluding hydrogens is 181 g/mol. The topological polar surface area (TPSA) is 41.6 Å². The lowest BCUT2D eigenvalue weighted by molar-refractivity contribution is 0.610. The van der Waals surface area contributed by atoms with E-state index in [4.69, 9.17) is 5.26 Å². The first-order chi connectivity index (χ1) is 6.81. The highest BCUT2D eigenvalue weighted by Crippen LogP contribution is 2.13. The zero-order valence-corrected chi connectivity index (χ0v) is 7.18. The van der Waals surface area contributed by atoms with E-state index in [-0.39, 0.29) is 5.69 Å². The summed E-state index contributed by atoms with van der Waals surface area (Å²) in [5, 5.41) is 12.5. The van der Waals surface area contributed by atoms with Crippen molar-refractivity contribution >= 4 is 0 Å². The fourth-order valence-electron chi connectivity index (χ4n) is 1.17. The minimum absolute atomic E-state index is 0.286. The van der Waals surface area contributed by atoms with Gasteiger partial charge >= 0.3 is 0 Å². The molecule has 3 nitrogen and oxygen atoms in total. The van der Waals surface area contributed by atoms with E-state index in [1.54, 1.807) is 18.5 Å². The van der Waals surface area contributed by atoms with E-state index in [2.05, 4.69) is 5.10 Å². The molecule has 0 spiro atoms. The average molecular weight is 187 g/mol. The monoisotopic (exact) mass is 187 g/mol. The van der Waals surface area contributed by atoms with Crippen LogP contribution < -0.4 is 0 Å². The van der Waals surface area contributed by atoms with Crippen LogP contribution in [0.15, 0.2) is 36.7 Å². The first-order valence-corrected chi connectivity index (χ1v) is 4.01. The van der Waals surface area contributed by atoms with Crippen LogP contribution in [0.5, 0.6) is 0 Å². The molecular formula is C10H6FN3. The van der Waals surface area contributed by atoms with Gasteiger partial charge in [-0.3, -0.25) is 0 Å². The minimum atomic E-state index is -0.396. The highest BCUT2D eigenvalue weighted by molar-refractivity contribution is 5.41. The Bertz CT molecular complexity index is 483. The number of benzene rings is 1. The summed E-state index contributed by atoms with van der Waals surface area (Å²) in [5.74, 6) is -0.396. The second kappa shape index (κ2) is 3.30. The van der Waals surface area contributed by atoms with Gasteiger partial charge in [0.25, 0.3) is 0 Å². The van der Waals surface area contributed by atoms with Gasteiger partial charge in [0.05, 0.1) is 11.6 Å². The summed E-state index contributed by atoms with van der Waals surface area (Å²) in [5.41, 5.74) is 0.700. The van der Waals surface area contributed by atoms with Crippen LogP contribution in [0.1, 0.15) is 5.56 Å². The Hall–Kier alpha value is -2.15. The van der Waals surface area contributed by atoms with Crippen LogP contribution in [-0.4, -0.2) is 9.78 Å². The molecule has 0 N–H and O–H groups in total. The van der Waals surface area contributed by atoms with Gasteiger partial charge in [0.15, 0.2) is 0 Å². The third-order valence-electron chi connectivity index (χ3n) is 1.83. The van der Waals surface area contributed by atoms with Gasteiger partial charge in [-0.05, 0) is 24.3 Å². The van der Waals surface area contributed by atoms with Crippen LogP contribution in [0.3, 0.4) is 0 Å². The Morgan fingerprint density at radius 3 is 2.93 bits per heavy atom. The largest absolute Gasteiger partial charge is 0.238 e. The van der Waals surface area contributed by atoms with Crippen molar-refractivity contribution < 1.29 is 4.39 Å². The predicted molar refractivity (Wildman–Crippen MR) is 48.2 cm³/mol. The number of hydrogen-bond acceptors (Lipinski definition) is 2. The summed E-state index contributed by atoms with van der Waals surface area (Å²) in [7, 11) is 0. The Morgan fingerprint density at radius 2 is 2.29 bits per heavy atom. The van der Waals surface area contributed by atoms with Crippen LogP contribution in [0.25, 0.3) is 5.69 Å². The molecule has 68 valence electrons. The fourth-order valence-corrected chi connectivity index (χ4v) is 1.17. The standard InChI is InChI=1S/C10H6FN3/c11-9-3-2-8(7-12)6-10(9)14-5-1-4-13-14/h1-6H. The smallest absolute Gasteiger partial charge is 0.148 e. The molecule has 4 heteroatoms. The molecule has 0 atom stereocenters. The Balaban J connectivity index is 2.58. The van der Waals surface area contributed by atoms with Crippen LogP contribution in [0.4, 0.5) is 4.39 Å². The summed E-state index contributed by atoms with van der Waals surface area (Å²) in [6, 6.07) is 7.79. The lowest BCUT2D eigenvalue weighted by Gasteiger charge is -2.02. The Kier molecular flexibility index (Phi) is 1.99. The van der Waals surface area contributed by atoms with Crippen molar-refractivity contribution in [3.63, 3.8) is 0 Å². The molecule has 0 radical (unpaired) electrons. The molecule has 2 aromatic rings. The third kappa shape index (κ3) is 1.36. The third-order valence-corrected chi connectivity index (χ3v) is 1.83. The van der Waals surface area contributed by atoms with Crippen molar-refractivity contribution in [2.24, 2.45) is 0 Å². The molecule has 0 unspecified atom stereocenters. The van der Waals surface area contributed by atoms with Gasteiger partial charge in [-0.2, -0.15) is 10.4 Å². The van der Waals surface area contributed by atoms with Gasteiger partial charge in [-0.1, -0.05) is 0 Å². The molecule has 14 heavy (non-hydrogen) atoms. The van der Waals surface area contributed by atoms with Crippen molar-refractivity contribution in [1.82, 2.24) is 9.78 Å². The Morgan fingerprint density at radius 1 is 1.43 bits per heavy atom. The van der Waals surface area contributed by atoms with E-state index < -0.39 is 5.82 Å². The molecule has 2 rings (SSSR count). The van der Waals surface area contributed by atoms with E-state index in [1.165, 1.54) is 22.9 Å². The van der Waals surface area contributed by atoms with Gasteiger partial charge in [0.2, 0.25) is 0 Å². The number of aromatic nitrogens is 2. The molecule has 1 heterocycles. The lowest BCUT2D eigenvalue weighted by atomic mass is 10.2. The quantitative estimate of drug-likeness (QED) is 0.684. The zero-order chi connectivity index (χ0) is 9.97. The highest BCUT2D eigenvalue weighted by Gasteiger charge is 2.05. The van der Waals surface area contributed by atoms with Crippen molar-refractivity contribution in [3.05, 3.63) is 48.0 Å². The van der Waals surface area contributed by atoms with Crippen LogP contribution >= 0.6 is 0 Å². The Labute approximate surface area is 80.0 Å². The predicted octanol–water partition coefficient (Wildman–Crippen LogP) is 1.88. The van der Waals surface area contributed by atoms with Crippen molar-refractivity contribution in [2.45, 2.75) is 0 Å². The summed E-state index contributed by atoms with van der Waals surface area (Å²) >= 11 is 0. The minimum Gasteiger partial charge on any atom is -0.238 e. The maximum Gasteiger partial charge on any atom is 0.148 e. The number of nitrogens with zero attached hydrogens (tertiary/aromatic N) is 3. The van der Waals surface area contributed by atoms with Crippen molar-refractivity contribution in [1.29, 1.82) is 5.26 Å². The number of hydrogen-bond donors (Lipinski definition) is 0. The van der Waals surface area contributed by atoms with E-state index in [9.17, 15) is 4.39 Å². The van der Waals surface area contributed by atoms with Crippen molar-refractivity contribution in [2.75, 3.05) is 0 Å². The van der Waals surface area contributed by atoms with Gasteiger partial charge in [-0.25, -0.2) is 9.07 Å². The van der Waals surface area contributed by atoms with Gasteiger partial charge in [-0.15, -0.1) is 0 Å². The first-order valence-electron chi connectivity index (χ1n) is 4.01. The van der Waals surface area contributed by atoms with Gasteiger partial charge in [0, 0.05) is 12.4 Å². The van der Waals surface area contributed by atoms with Crippen molar-refractivity contribution in [3.8, 4) is 11.8 Å². The first kappa shape index (κ1) is 8.45. The molecule has 0 aliphatic carbocycles. The number of nitriles is 1. The van der Waals surface area contributed by atoms with Crippen LogP contribution in [0.2, 0.25) is 0 Å². The van der Waals surface area contributed by atoms with Gasteiger partial charge < -0.3 is 0 Å². The summed E-state index contributed by atoms with van der Waals surface area (Å²) in [6.45, 7) is 0. The fraction of sp³-hybridized carbons (Fsp3) is 0. The molecule has 1 aromatic heterocycles. The molecule has 1 aromatic carbocycles. The average Bonchev–Trinajstić information content (AvgIpc) is 2.71. The van der Waals surface area contributed by atoms with E-state index in [0.29, 0.717) is 5.56 Å². The SMILES string of the molecule is N#Cc1ccc(F)c(-n2cccn2)c1. The molecule has 0 saturated heterocycles. The van der Waals surface area contributed by atoms with Crippen LogP contribution in [-0.2, 0) is 0 Å². The molecule has 0 aliphatic rings. The summed E-state index contributed by atoms with van der Waals surface area (Å²) < 4.78 is 14.7. The molecule has 0 fully saturated rings. The molecule has 0 saturated carbocycles. The summed E-state index contributed by atoms with van der Waals surface area (Å²) in [6.07, 6.45) is 3.18. The highest BCUT2D eigenvalue weighted by atomic mass is 19.1. The maximum absolute atomic E-state index is 13.3. The van der Waals surface area contributed by atoms with E-state index in [0.717, 1.165) is 0 Å².